The van der Waals surface area contributed by atoms with E-state index in [1.165, 1.54) is 17.0 Å². The van der Waals surface area contributed by atoms with Crippen LogP contribution in [0.5, 0.6) is 5.75 Å². The van der Waals surface area contributed by atoms with Crippen LogP contribution in [0.15, 0.2) is 24.3 Å². The van der Waals surface area contributed by atoms with Crippen molar-refractivity contribution in [3.05, 3.63) is 29.8 Å². The Hall–Kier alpha value is -1.64. The van der Waals surface area contributed by atoms with Gasteiger partial charge in [0, 0.05) is 50.6 Å². The molecular formula is C22H33N3O4S. The SMILES string of the molecule is CC1CCCCN1C(=O)CN1CCC2(CC1)CN(S(C)(=O)=O)Cc1ccccc1O2. The summed E-state index contributed by atoms with van der Waals surface area (Å²) in [4.78, 5) is 17.0. The molecule has 2 saturated heterocycles. The molecule has 2 fully saturated rings. The third-order valence-electron chi connectivity index (χ3n) is 6.83. The predicted octanol–water partition coefficient (Wildman–Crippen LogP) is 2.08. The number of hydrogen-bond acceptors (Lipinski definition) is 5. The van der Waals surface area contributed by atoms with Gasteiger partial charge in [0.15, 0.2) is 0 Å². The lowest BCUT2D eigenvalue weighted by Crippen LogP contribution is -2.55. The number of sulfonamides is 1. The zero-order valence-corrected chi connectivity index (χ0v) is 18.9. The van der Waals surface area contributed by atoms with Crippen molar-refractivity contribution in [2.45, 2.75) is 57.2 Å². The van der Waals surface area contributed by atoms with Gasteiger partial charge in [-0.05, 0) is 32.3 Å². The molecule has 166 valence electrons. The molecule has 1 atom stereocenters. The smallest absolute Gasteiger partial charge is 0.236 e. The first-order chi connectivity index (χ1) is 14.3. The third-order valence-corrected chi connectivity index (χ3v) is 8.03. The van der Waals surface area contributed by atoms with Crippen LogP contribution in [-0.2, 0) is 21.4 Å². The van der Waals surface area contributed by atoms with Gasteiger partial charge in [-0.25, -0.2) is 8.42 Å². The van der Waals surface area contributed by atoms with E-state index in [4.69, 9.17) is 4.74 Å². The number of ether oxygens (including phenoxy) is 1. The molecule has 1 amide bonds. The van der Waals surface area contributed by atoms with Crippen LogP contribution < -0.4 is 4.74 Å². The Balaban J connectivity index is 1.45. The Morgan fingerprint density at radius 1 is 1.17 bits per heavy atom. The van der Waals surface area contributed by atoms with Crippen LogP contribution in [0.2, 0.25) is 0 Å². The molecule has 1 unspecified atom stereocenters. The van der Waals surface area contributed by atoms with Crippen molar-refractivity contribution in [2.75, 3.05) is 39.0 Å². The summed E-state index contributed by atoms with van der Waals surface area (Å²) < 4.78 is 32.8. The summed E-state index contributed by atoms with van der Waals surface area (Å²) in [5, 5.41) is 0. The molecule has 0 bridgehead atoms. The first kappa shape index (κ1) is 21.6. The minimum Gasteiger partial charge on any atom is -0.485 e. The maximum Gasteiger partial charge on any atom is 0.236 e. The molecule has 0 aromatic heterocycles. The number of hydrogen-bond donors (Lipinski definition) is 0. The molecule has 0 aliphatic carbocycles. The van der Waals surface area contributed by atoms with E-state index >= 15 is 0 Å². The van der Waals surface area contributed by atoms with Gasteiger partial charge in [-0.3, -0.25) is 9.69 Å². The normalized spacial score (nSPS) is 25.4. The number of benzene rings is 1. The van der Waals surface area contributed by atoms with Crippen LogP contribution in [0.3, 0.4) is 0 Å². The number of fused-ring (bicyclic) bond motifs is 1. The van der Waals surface area contributed by atoms with Crippen LogP contribution in [0.4, 0.5) is 0 Å². The zero-order chi connectivity index (χ0) is 21.4. The second-order valence-corrected chi connectivity index (χ2v) is 11.1. The Kier molecular flexibility index (Phi) is 6.10. The molecule has 0 N–H and O–H groups in total. The van der Waals surface area contributed by atoms with Crippen LogP contribution in [0, 0.1) is 0 Å². The molecule has 1 spiro atoms. The second-order valence-electron chi connectivity index (χ2n) is 9.13. The summed E-state index contributed by atoms with van der Waals surface area (Å²) >= 11 is 0. The Morgan fingerprint density at radius 2 is 1.90 bits per heavy atom. The van der Waals surface area contributed by atoms with Crippen molar-refractivity contribution in [1.82, 2.24) is 14.1 Å². The Morgan fingerprint density at radius 3 is 2.60 bits per heavy atom. The lowest BCUT2D eigenvalue weighted by atomic mass is 9.90. The Bertz CT molecular complexity index is 880. The monoisotopic (exact) mass is 435 g/mol. The van der Waals surface area contributed by atoms with Gasteiger partial charge in [0.25, 0.3) is 0 Å². The number of carbonyl (C=O) groups is 1. The van der Waals surface area contributed by atoms with Gasteiger partial charge in [-0.1, -0.05) is 18.2 Å². The van der Waals surface area contributed by atoms with Gasteiger partial charge in [0.1, 0.15) is 11.4 Å². The van der Waals surface area contributed by atoms with Crippen LogP contribution in [0.1, 0.15) is 44.6 Å². The second kappa shape index (κ2) is 8.48. The summed E-state index contributed by atoms with van der Waals surface area (Å²) in [5.41, 5.74) is 0.352. The summed E-state index contributed by atoms with van der Waals surface area (Å²) in [6.45, 7) is 5.59. The number of likely N-dealkylation sites (tertiary alicyclic amines) is 2. The van der Waals surface area contributed by atoms with Crippen molar-refractivity contribution >= 4 is 15.9 Å². The number of amides is 1. The molecule has 8 heteroatoms. The minimum atomic E-state index is -3.34. The van der Waals surface area contributed by atoms with Gasteiger partial charge in [0.05, 0.1) is 19.3 Å². The fourth-order valence-electron chi connectivity index (χ4n) is 4.93. The number of carbonyl (C=O) groups excluding carboxylic acids is 1. The molecule has 0 radical (unpaired) electrons. The van der Waals surface area contributed by atoms with Crippen molar-refractivity contribution in [1.29, 1.82) is 0 Å². The molecule has 3 aliphatic heterocycles. The highest BCUT2D eigenvalue weighted by Crippen LogP contribution is 2.36. The van der Waals surface area contributed by atoms with Crippen molar-refractivity contribution in [3.8, 4) is 5.75 Å². The van der Waals surface area contributed by atoms with Gasteiger partial charge in [-0.15, -0.1) is 0 Å². The summed E-state index contributed by atoms with van der Waals surface area (Å²) in [6, 6.07) is 8.02. The van der Waals surface area contributed by atoms with Crippen LogP contribution in [0.25, 0.3) is 0 Å². The van der Waals surface area contributed by atoms with Gasteiger partial charge in [-0.2, -0.15) is 4.31 Å². The maximum atomic E-state index is 12.8. The van der Waals surface area contributed by atoms with Gasteiger partial charge < -0.3 is 9.64 Å². The van der Waals surface area contributed by atoms with E-state index in [0.717, 1.165) is 43.8 Å². The average Bonchev–Trinajstić information content (AvgIpc) is 2.87. The summed E-state index contributed by atoms with van der Waals surface area (Å²) in [6.07, 6.45) is 6.05. The van der Waals surface area contributed by atoms with E-state index in [2.05, 4.69) is 11.8 Å². The number of rotatable bonds is 3. The molecule has 3 heterocycles. The summed E-state index contributed by atoms with van der Waals surface area (Å²) in [5.74, 6) is 0.985. The molecule has 4 rings (SSSR count). The van der Waals surface area contributed by atoms with E-state index in [-0.39, 0.29) is 5.91 Å². The molecule has 1 aromatic rings. The minimum absolute atomic E-state index is 0.211. The van der Waals surface area contributed by atoms with E-state index in [9.17, 15) is 13.2 Å². The van der Waals surface area contributed by atoms with Crippen LogP contribution in [-0.4, -0.2) is 79.1 Å². The van der Waals surface area contributed by atoms with E-state index in [1.54, 1.807) is 0 Å². The van der Waals surface area contributed by atoms with Gasteiger partial charge in [0.2, 0.25) is 15.9 Å². The molecule has 30 heavy (non-hydrogen) atoms. The molecule has 3 aliphatic rings. The Labute approximate surface area is 180 Å². The number of nitrogens with zero attached hydrogens (tertiary/aromatic N) is 3. The number of para-hydroxylation sites is 1. The average molecular weight is 436 g/mol. The first-order valence-electron chi connectivity index (χ1n) is 11.0. The van der Waals surface area contributed by atoms with Gasteiger partial charge >= 0.3 is 0 Å². The van der Waals surface area contributed by atoms with E-state index < -0.39 is 15.6 Å². The fourth-order valence-corrected chi connectivity index (χ4v) is 5.77. The highest BCUT2D eigenvalue weighted by Gasteiger charge is 2.43. The summed E-state index contributed by atoms with van der Waals surface area (Å²) in [7, 11) is -3.34. The molecular weight excluding hydrogens is 402 g/mol. The zero-order valence-electron chi connectivity index (χ0n) is 18.0. The lowest BCUT2D eigenvalue weighted by molar-refractivity contribution is -0.136. The highest BCUT2D eigenvalue weighted by atomic mass is 32.2. The third kappa shape index (κ3) is 4.65. The van der Waals surface area contributed by atoms with Crippen molar-refractivity contribution < 1.29 is 17.9 Å². The quantitative estimate of drug-likeness (QED) is 0.727. The van der Waals surface area contributed by atoms with Crippen LogP contribution >= 0.6 is 0 Å². The largest absolute Gasteiger partial charge is 0.485 e. The maximum absolute atomic E-state index is 12.8. The number of piperidine rings is 2. The predicted molar refractivity (Wildman–Crippen MR) is 116 cm³/mol. The van der Waals surface area contributed by atoms with Crippen molar-refractivity contribution in [3.63, 3.8) is 0 Å². The van der Waals surface area contributed by atoms with Crippen molar-refractivity contribution in [2.24, 2.45) is 0 Å². The first-order valence-corrected chi connectivity index (χ1v) is 12.8. The lowest BCUT2D eigenvalue weighted by Gasteiger charge is -2.43. The topological polar surface area (TPSA) is 70.2 Å². The fraction of sp³-hybridized carbons (Fsp3) is 0.682. The highest BCUT2D eigenvalue weighted by molar-refractivity contribution is 7.88. The molecule has 7 nitrogen and oxygen atoms in total. The standard InChI is InChI=1S/C22H33N3O4S/c1-18-7-5-6-12-25(18)21(26)16-23-13-10-22(11-14-23)17-24(30(2,27)28)15-19-8-3-4-9-20(19)29-22/h3-4,8-9,18H,5-7,10-17H2,1-2H3. The molecule has 0 saturated carbocycles. The van der Waals surface area contributed by atoms with E-state index in [1.807, 2.05) is 29.2 Å². The van der Waals surface area contributed by atoms with E-state index in [0.29, 0.717) is 38.5 Å². The molecule has 1 aromatic carbocycles.